The van der Waals surface area contributed by atoms with E-state index in [2.05, 4.69) is 130 Å². The van der Waals surface area contributed by atoms with Gasteiger partial charge in [-0.05, 0) is 25.7 Å². The van der Waals surface area contributed by atoms with Crippen molar-refractivity contribution in [1.29, 1.82) is 0 Å². The molecule has 40 heavy (non-hydrogen) atoms. The molecule has 1 aliphatic carbocycles. The standard InChI is InChI=1S/C24H25.C13H10.2ClH.Zr/c1-4-16-12-9-13-19-15-22-21(18-10-7-8-11-18)14-17(5-2)20(6-3)24(22)23(16)19;1-3-7-12(8-4-1)11-13-9-5-2-6-10-13;;;/h7-10,12-15H,4-6,11H2,1-3H3;1-10H;2*1H;/q-1;;;;+2/p-2. The van der Waals surface area contributed by atoms with Crippen LogP contribution in [0.2, 0.25) is 0 Å². The summed E-state index contributed by atoms with van der Waals surface area (Å²) in [6, 6.07) is 32.8. The van der Waals surface area contributed by atoms with Gasteiger partial charge in [0.15, 0.2) is 0 Å². The molecule has 0 radical (unpaired) electrons. The van der Waals surface area contributed by atoms with Crippen LogP contribution in [0.4, 0.5) is 0 Å². The van der Waals surface area contributed by atoms with Gasteiger partial charge in [0.25, 0.3) is 0 Å². The van der Waals surface area contributed by atoms with E-state index in [1.165, 1.54) is 82.4 Å². The van der Waals surface area contributed by atoms with Crippen molar-refractivity contribution in [2.75, 3.05) is 0 Å². The zero-order valence-corrected chi connectivity index (χ0v) is 27.4. The number of fused-ring (bicyclic) bond motifs is 3. The van der Waals surface area contributed by atoms with E-state index in [1.54, 1.807) is 5.56 Å². The van der Waals surface area contributed by atoms with Crippen LogP contribution in [0.1, 0.15) is 60.6 Å². The van der Waals surface area contributed by atoms with Gasteiger partial charge in [0, 0.05) is 0 Å². The molecule has 0 atom stereocenters. The summed E-state index contributed by atoms with van der Waals surface area (Å²) in [7, 11) is 0. The van der Waals surface area contributed by atoms with E-state index < -0.39 is 0 Å². The second-order valence-corrected chi connectivity index (χ2v) is 11.1. The molecule has 0 bridgehead atoms. The molecular weight excluding hydrogens is 607 g/mol. The van der Waals surface area contributed by atoms with E-state index in [-0.39, 0.29) is 24.8 Å². The number of allylic oxidation sites excluding steroid dienone is 4. The van der Waals surface area contributed by atoms with Gasteiger partial charge in [-0.1, -0.05) is 85.0 Å². The summed E-state index contributed by atoms with van der Waals surface area (Å²) in [5, 5.41) is 5.87. The molecule has 0 N–H and O–H groups in total. The summed E-state index contributed by atoms with van der Waals surface area (Å²) in [6.07, 6.45) is 11.1. The zero-order valence-electron chi connectivity index (χ0n) is 23.5. The average Bonchev–Trinajstić information content (AvgIpc) is 3.66. The van der Waals surface area contributed by atoms with Crippen LogP contribution in [-0.2, 0) is 43.5 Å². The number of hydrogen-bond donors (Lipinski definition) is 0. The minimum absolute atomic E-state index is 0. The molecule has 0 fully saturated rings. The Balaban J connectivity index is 0.000000238. The molecule has 0 aliphatic heterocycles. The van der Waals surface area contributed by atoms with Gasteiger partial charge in [-0.25, -0.2) is 0 Å². The van der Waals surface area contributed by atoms with E-state index in [0.717, 1.165) is 25.7 Å². The van der Waals surface area contributed by atoms with Crippen molar-refractivity contribution in [3.8, 4) is 0 Å². The van der Waals surface area contributed by atoms with Gasteiger partial charge in [-0.2, -0.15) is 0 Å². The summed E-state index contributed by atoms with van der Waals surface area (Å²) in [5.41, 5.74) is 10.1. The van der Waals surface area contributed by atoms with Gasteiger partial charge in [-0.3, -0.25) is 0 Å². The maximum absolute atomic E-state index is 2.46. The molecule has 0 nitrogen and oxygen atoms in total. The van der Waals surface area contributed by atoms with Crippen LogP contribution in [0, 0.1) is 0 Å². The fourth-order valence-electron chi connectivity index (χ4n) is 5.74. The van der Waals surface area contributed by atoms with Crippen LogP contribution in [0.25, 0.3) is 27.1 Å². The summed E-state index contributed by atoms with van der Waals surface area (Å²) in [4.78, 5) is 0. The Morgan fingerprint density at radius 3 is 1.88 bits per heavy atom. The van der Waals surface area contributed by atoms with E-state index in [0.29, 0.717) is 0 Å². The molecule has 1 aliphatic rings. The molecule has 202 valence electrons. The van der Waals surface area contributed by atoms with Gasteiger partial charge in [-0.15, -0.1) is 33.7 Å². The Bertz CT molecular complexity index is 1600. The van der Waals surface area contributed by atoms with Gasteiger partial charge in [0.05, 0.1) is 0 Å². The van der Waals surface area contributed by atoms with Crippen molar-refractivity contribution in [3.63, 3.8) is 0 Å². The van der Waals surface area contributed by atoms with E-state index in [1.807, 2.05) is 0 Å². The van der Waals surface area contributed by atoms with Gasteiger partial charge in [0.1, 0.15) is 0 Å². The summed E-state index contributed by atoms with van der Waals surface area (Å²) in [5.74, 6) is 0. The SMILES string of the molecule is CCc1cc(C2=CC=CC2)c2[cH-]c3cccc(CC)c3c2c1CC.[Cl-].[Cl-].[Zr+2]=[C](c1ccccc1)c1ccccc1. The Hall–Kier alpha value is -2.44. The van der Waals surface area contributed by atoms with Crippen molar-refractivity contribution in [1.82, 2.24) is 0 Å². The van der Waals surface area contributed by atoms with E-state index >= 15 is 0 Å². The molecule has 0 unspecified atom stereocenters. The number of halogens is 2. The summed E-state index contributed by atoms with van der Waals surface area (Å²) >= 11 is 1.46. The molecule has 5 aromatic rings. The van der Waals surface area contributed by atoms with Crippen LogP contribution in [-0.4, -0.2) is 3.21 Å². The Morgan fingerprint density at radius 2 is 1.35 bits per heavy atom. The first-order valence-corrected chi connectivity index (χ1v) is 15.1. The number of aryl methyl sites for hydroxylation is 3. The van der Waals surface area contributed by atoms with Crippen molar-refractivity contribution in [3.05, 3.63) is 143 Å². The summed E-state index contributed by atoms with van der Waals surface area (Å²) < 4.78 is 1.42. The number of hydrogen-bond acceptors (Lipinski definition) is 0. The Morgan fingerprint density at radius 1 is 0.725 bits per heavy atom. The second-order valence-electron chi connectivity index (χ2n) is 9.87. The molecule has 6 rings (SSSR count). The van der Waals surface area contributed by atoms with Crippen LogP contribution < -0.4 is 24.8 Å². The minimum atomic E-state index is 0. The first-order chi connectivity index (χ1) is 18.7. The quantitative estimate of drug-likeness (QED) is 0.249. The predicted octanol–water partition coefficient (Wildman–Crippen LogP) is 3.55. The van der Waals surface area contributed by atoms with Crippen LogP contribution in [0.15, 0.2) is 109 Å². The molecule has 5 aromatic carbocycles. The molecule has 0 spiro atoms. The van der Waals surface area contributed by atoms with Crippen molar-refractivity contribution in [2.45, 2.75) is 46.5 Å². The molecule has 0 saturated carbocycles. The Kier molecular flexibility index (Phi) is 12.0. The van der Waals surface area contributed by atoms with Crippen molar-refractivity contribution >= 4 is 30.3 Å². The van der Waals surface area contributed by atoms with Crippen molar-refractivity contribution in [2.24, 2.45) is 0 Å². The van der Waals surface area contributed by atoms with Crippen LogP contribution in [0.3, 0.4) is 0 Å². The third-order valence-corrected chi connectivity index (χ3v) is 9.08. The topological polar surface area (TPSA) is 0 Å². The fourth-order valence-corrected chi connectivity index (χ4v) is 6.56. The van der Waals surface area contributed by atoms with Gasteiger partial charge < -0.3 is 24.8 Å². The first-order valence-electron chi connectivity index (χ1n) is 13.9. The summed E-state index contributed by atoms with van der Waals surface area (Å²) in [6.45, 7) is 6.86. The fraction of sp³-hybridized carbons (Fsp3) is 0.189. The third-order valence-electron chi connectivity index (χ3n) is 7.66. The van der Waals surface area contributed by atoms with E-state index in [9.17, 15) is 0 Å². The van der Waals surface area contributed by atoms with Gasteiger partial charge in [0.2, 0.25) is 0 Å². The van der Waals surface area contributed by atoms with Crippen LogP contribution in [0.5, 0.6) is 0 Å². The second kappa shape index (κ2) is 15.0. The van der Waals surface area contributed by atoms with Crippen LogP contribution >= 0.6 is 0 Å². The molecule has 0 amide bonds. The average molecular weight is 642 g/mol. The molecule has 0 aromatic heterocycles. The molecular formula is C37H35Cl2Zr-. The number of benzene rings is 4. The normalized spacial score (nSPS) is 11.9. The number of rotatable bonds is 6. The molecule has 0 saturated heterocycles. The van der Waals surface area contributed by atoms with Crippen molar-refractivity contribution < 1.29 is 49.0 Å². The Labute approximate surface area is 266 Å². The monoisotopic (exact) mass is 639 g/mol. The first kappa shape index (κ1) is 32.1. The molecule has 3 heteroatoms. The predicted molar refractivity (Wildman–Crippen MR) is 163 cm³/mol. The van der Waals surface area contributed by atoms with Gasteiger partial charge >= 0.3 is 99.2 Å². The third kappa shape index (κ3) is 6.55. The molecule has 0 heterocycles. The van der Waals surface area contributed by atoms with E-state index in [4.69, 9.17) is 0 Å². The maximum atomic E-state index is 2.46. The zero-order chi connectivity index (χ0) is 26.5.